The van der Waals surface area contributed by atoms with E-state index < -0.39 is 0 Å². The topological polar surface area (TPSA) is 17.1 Å². The number of carbonyl (C=O) groups is 1. The summed E-state index contributed by atoms with van der Waals surface area (Å²) < 4.78 is 0. The fourth-order valence-electron chi connectivity index (χ4n) is 3.38. The van der Waals surface area contributed by atoms with Gasteiger partial charge in [0.1, 0.15) is 0 Å². The highest BCUT2D eigenvalue weighted by Gasteiger charge is 2.30. The number of benzene rings is 3. The maximum absolute atomic E-state index is 13.1. The van der Waals surface area contributed by atoms with Crippen LogP contribution < -0.4 is 0 Å². The van der Waals surface area contributed by atoms with Crippen LogP contribution in [0.5, 0.6) is 0 Å². The Morgan fingerprint density at radius 3 is 1.77 bits per heavy atom. The van der Waals surface area contributed by atoms with Crippen molar-refractivity contribution in [1.82, 2.24) is 0 Å². The molecule has 1 nitrogen and oxygen atoms in total. The van der Waals surface area contributed by atoms with E-state index >= 15 is 0 Å². The van der Waals surface area contributed by atoms with E-state index in [4.69, 9.17) is 0 Å². The van der Waals surface area contributed by atoms with Gasteiger partial charge >= 0.3 is 0 Å². The zero-order valence-electron chi connectivity index (χ0n) is 12.2. The van der Waals surface area contributed by atoms with Crippen LogP contribution in [0.4, 0.5) is 0 Å². The molecule has 0 atom stereocenters. The second kappa shape index (κ2) is 5.27. The first-order valence-corrected chi connectivity index (χ1v) is 7.59. The van der Waals surface area contributed by atoms with Crippen LogP contribution in [0.25, 0.3) is 0 Å². The van der Waals surface area contributed by atoms with Gasteiger partial charge < -0.3 is 0 Å². The molecule has 106 valence electrons. The monoisotopic (exact) mass is 284 g/mol. The van der Waals surface area contributed by atoms with Gasteiger partial charge in [0.2, 0.25) is 0 Å². The number of rotatable bonds is 2. The van der Waals surface area contributed by atoms with Crippen molar-refractivity contribution in [3.8, 4) is 0 Å². The highest BCUT2D eigenvalue weighted by atomic mass is 16.1. The molecular weight excluding hydrogens is 268 g/mol. The van der Waals surface area contributed by atoms with E-state index in [-0.39, 0.29) is 11.7 Å². The minimum Gasteiger partial charge on any atom is -0.293 e. The molecule has 0 saturated heterocycles. The average Bonchev–Trinajstić information content (AvgIpc) is 2.60. The molecule has 3 aromatic carbocycles. The first kappa shape index (κ1) is 13.0. The predicted molar refractivity (Wildman–Crippen MR) is 88.3 cm³/mol. The molecule has 22 heavy (non-hydrogen) atoms. The van der Waals surface area contributed by atoms with Gasteiger partial charge in [-0.3, -0.25) is 4.79 Å². The molecule has 1 heteroatoms. The van der Waals surface area contributed by atoms with E-state index in [9.17, 15) is 4.79 Å². The Labute approximate surface area is 130 Å². The van der Waals surface area contributed by atoms with Gasteiger partial charge in [-0.25, -0.2) is 0 Å². The SMILES string of the molecule is O=C(c1ccccc1)C1c2ccccc2Cc2ccccc21. The molecule has 0 aliphatic heterocycles. The number of Topliss-reactive ketones (excluding diaryl/α,β-unsaturated/α-hetero) is 1. The zero-order valence-corrected chi connectivity index (χ0v) is 12.2. The van der Waals surface area contributed by atoms with Crippen molar-refractivity contribution in [2.24, 2.45) is 0 Å². The van der Waals surface area contributed by atoms with Crippen molar-refractivity contribution in [2.45, 2.75) is 12.3 Å². The number of carbonyl (C=O) groups excluding carboxylic acids is 1. The lowest BCUT2D eigenvalue weighted by Crippen LogP contribution is -2.21. The molecular formula is C21H16O. The summed E-state index contributed by atoms with van der Waals surface area (Å²) in [5, 5.41) is 0. The lowest BCUT2D eigenvalue weighted by atomic mass is 9.75. The smallest absolute Gasteiger partial charge is 0.174 e. The molecule has 0 fully saturated rings. The van der Waals surface area contributed by atoms with Crippen molar-refractivity contribution in [1.29, 1.82) is 0 Å². The lowest BCUT2D eigenvalue weighted by molar-refractivity contribution is 0.0972. The van der Waals surface area contributed by atoms with Crippen LogP contribution in [0.3, 0.4) is 0 Å². The zero-order chi connectivity index (χ0) is 14.9. The van der Waals surface area contributed by atoms with Crippen molar-refractivity contribution >= 4 is 5.78 Å². The molecule has 3 aromatic rings. The Bertz CT molecular complexity index is 788. The number of ketones is 1. The first-order chi connectivity index (χ1) is 10.8. The lowest BCUT2D eigenvalue weighted by Gasteiger charge is -2.27. The molecule has 4 rings (SSSR count). The summed E-state index contributed by atoms with van der Waals surface area (Å²) in [5.74, 6) is -0.0104. The summed E-state index contributed by atoms with van der Waals surface area (Å²) in [4.78, 5) is 13.1. The molecule has 0 spiro atoms. The molecule has 0 unspecified atom stereocenters. The van der Waals surface area contributed by atoms with Crippen molar-refractivity contribution in [3.63, 3.8) is 0 Å². The fraction of sp³-hybridized carbons (Fsp3) is 0.0952. The van der Waals surface area contributed by atoms with E-state index in [1.54, 1.807) is 0 Å². The van der Waals surface area contributed by atoms with Crippen molar-refractivity contribution < 1.29 is 4.79 Å². The highest BCUT2D eigenvalue weighted by molar-refractivity contribution is 6.03. The standard InChI is InChI=1S/C21H16O/c22-21(15-8-2-1-3-9-15)20-18-12-6-4-10-16(18)14-17-11-5-7-13-19(17)20/h1-13,20H,14H2. The van der Waals surface area contributed by atoms with Crippen LogP contribution in [0.1, 0.15) is 38.5 Å². The van der Waals surface area contributed by atoms with Gasteiger partial charge in [0.25, 0.3) is 0 Å². The van der Waals surface area contributed by atoms with Gasteiger partial charge in [0.15, 0.2) is 5.78 Å². The molecule has 1 aliphatic rings. The number of hydrogen-bond acceptors (Lipinski definition) is 1. The third-order valence-corrected chi connectivity index (χ3v) is 4.43. The largest absolute Gasteiger partial charge is 0.293 e. The Hall–Kier alpha value is -2.67. The van der Waals surface area contributed by atoms with E-state index in [0.29, 0.717) is 0 Å². The van der Waals surface area contributed by atoms with E-state index in [1.807, 2.05) is 42.5 Å². The van der Waals surface area contributed by atoms with Crippen LogP contribution >= 0.6 is 0 Å². The van der Waals surface area contributed by atoms with Gasteiger partial charge in [-0.05, 0) is 28.7 Å². The molecule has 0 heterocycles. The van der Waals surface area contributed by atoms with Gasteiger partial charge in [-0.15, -0.1) is 0 Å². The quantitative estimate of drug-likeness (QED) is 0.628. The molecule has 0 aromatic heterocycles. The van der Waals surface area contributed by atoms with Gasteiger partial charge in [0, 0.05) is 5.56 Å². The predicted octanol–water partition coefficient (Wildman–Crippen LogP) is 4.61. The average molecular weight is 284 g/mol. The third kappa shape index (κ3) is 2.06. The van der Waals surface area contributed by atoms with E-state index in [0.717, 1.165) is 23.1 Å². The minimum atomic E-state index is -0.191. The van der Waals surface area contributed by atoms with Crippen LogP contribution in [-0.4, -0.2) is 5.78 Å². The summed E-state index contributed by atoms with van der Waals surface area (Å²) in [6.45, 7) is 0. The molecule has 1 aliphatic carbocycles. The van der Waals surface area contributed by atoms with Crippen molar-refractivity contribution in [3.05, 3.63) is 107 Å². The maximum atomic E-state index is 13.1. The first-order valence-electron chi connectivity index (χ1n) is 7.59. The van der Waals surface area contributed by atoms with Crippen molar-refractivity contribution in [2.75, 3.05) is 0 Å². The Morgan fingerprint density at radius 1 is 0.682 bits per heavy atom. The molecule has 0 amide bonds. The Morgan fingerprint density at radius 2 is 1.18 bits per heavy atom. The molecule has 0 bridgehead atoms. The summed E-state index contributed by atoms with van der Waals surface area (Å²) >= 11 is 0. The summed E-state index contributed by atoms with van der Waals surface area (Å²) in [7, 11) is 0. The van der Waals surface area contributed by atoms with Crippen LogP contribution in [0.15, 0.2) is 78.9 Å². The van der Waals surface area contributed by atoms with Gasteiger partial charge in [0.05, 0.1) is 5.92 Å². The van der Waals surface area contributed by atoms with Gasteiger partial charge in [-0.2, -0.15) is 0 Å². The fourth-order valence-corrected chi connectivity index (χ4v) is 3.38. The van der Waals surface area contributed by atoms with E-state index in [1.165, 1.54) is 11.1 Å². The maximum Gasteiger partial charge on any atom is 0.174 e. The normalized spacial score (nSPS) is 13.3. The second-order valence-electron chi connectivity index (χ2n) is 5.74. The summed E-state index contributed by atoms with van der Waals surface area (Å²) in [5.41, 5.74) is 5.59. The van der Waals surface area contributed by atoms with E-state index in [2.05, 4.69) is 36.4 Å². The molecule has 0 saturated carbocycles. The van der Waals surface area contributed by atoms with Crippen LogP contribution in [0.2, 0.25) is 0 Å². The Balaban J connectivity index is 1.90. The minimum absolute atomic E-state index is 0.181. The summed E-state index contributed by atoms with van der Waals surface area (Å²) in [6, 6.07) is 26.2. The molecule has 0 radical (unpaired) electrons. The number of hydrogen-bond donors (Lipinski definition) is 0. The summed E-state index contributed by atoms with van der Waals surface area (Å²) in [6.07, 6.45) is 0.908. The number of fused-ring (bicyclic) bond motifs is 2. The molecule has 0 N–H and O–H groups in total. The van der Waals surface area contributed by atoms with Crippen LogP contribution in [-0.2, 0) is 6.42 Å². The third-order valence-electron chi connectivity index (χ3n) is 4.43. The van der Waals surface area contributed by atoms with Gasteiger partial charge in [-0.1, -0.05) is 78.9 Å². The highest BCUT2D eigenvalue weighted by Crippen LogP contribution is 2.38. The second-order valence-corrected chi connectivity index (χ2v) is 5.74. The van der Waals surface area contributed by atoms with Crippen LogP contribution in [0, 0.1) is 0 Å². The Kier molecular flexibility index (Phi) is 3.12.